The third-order valence-corrected chi connectivity index (χ3v) is 3.04. The van der Waals surface area contributed by atoms with Gasteiger partial charge in [-0.15, -0.1) is 5.10 Å². The van der Waals surface area contributed by atoms with Crippen molar-refractivity contribution >= 4 is 11.9 Å². The molecule has 3 rings (SSSR count). The Hall–Kier alpha value is -2.24. The lowest BCUT2D eigenvalue weighted by Gasteiger charge is -2.09. The highest BCUT2D eigenvalue weighted by molar-refractivity contribution is 5.47. The lowest BCUT2D eigenvalue weighted by molar-refractivity contribution is 0.317. The first kappa shape index (κ1) is 10.9. The summed E-state index contributed by atoms with van der Waals surface area (Å²) in [5.41, 5.74) is 13.3. The Morgan fingerprint density at radius 2 is 2.11 bits per heavy atom. The Balaban J connectivity index is 2.04. The Bertz CT molecular complexity index is 578. The van der Waals surface area contributed by atoms with Crippen molar-refractivity contribution < 1.29 is 4.74 Å². The Labute approximate surface area is 105 Å². The molecular formula is C12H15N5O. The molecule has 0 bridgehead atoms. The van der Waals surface area contributed by atoms with Crippen molar-refractivity contribution in [1.29, 1.82) is 0 Å². The summed E-state index contributed by atoms with van der Waals surface area (Å²) in [6.07, 6.45) is 3.22. The maximum Gasteiger partial charge on any atom is 0.241 e. The van der Waals surface area contributed by atoms with Crippen LogP contribution in [0.25, 0.3) is 5.69 Å². The van der Waals surface area contributed by atoms with Crippen LogP contribution in [0.5, 0.6) is 5.75 Å². The van der Waals surface area contributed by atoms with Gasteiger partial charge in [0.1, 0.15) is 5.75 Å². The summed E-state index contributed by atoms with van der Waals surface area (Å²) in [4.78, 5) is 3.89. The van der Waals surface area contributed by atoms with Gasteiger partial charge in [-0.05, 0) is 43.0 Å². The average molecular weight is 245 g/mol. The first-order valence-electron chi connectivity index (χ1n) is 5.98. The monoisotopic (exact) mass is 245 g/mol. The topological polar surface area (TPSA) is 92.0 Å². The van der Waals surface area contributed by atoms with Crippen molar-refractivity contribution in [2.24, 2.45) is 0 Å². The minimum atomic E-state index is 0.179. The van der Waals surface area contributed by atoms with Crippen LogP contribution in [0.1, 0.15) is 18.4 Å². The van der Waals surface area contributed by atoms with Crippen LogP contribution in [0.4, 0.5) is 11.9 Å². The molecule has 6 heteroatoms. The van der Waals surface area contributed by atoms with E-state index in [2.05, 4.69) is 10.1 Å². The minimum absolute atomic E-state index is 0.179. The molecule has 0 fully saturated rings. The smallest absolute Gasteiger partial charge is 0.241 e. The van der Waals surface area contributed by atoms with Crippen molar-refractivity contribution in [3.63, 3.8) is 0 Å². The molecule has 0 saturated heterocycles. The SMILES string of the molecule is Nc1nc(N)n(-c2ccc3c(c2)CCCCO3)n1. The van der Waals surface area contributed by atoms with Crippen LogP contribution < -0.4 is 16.2 Å². The number of nitrogens with two attached hydrogens (primary N) is 2. The van der Waals surface area contributed by atoms with Gasteiger partial charge in [-0.1, -0.05) is 0 Å². The average Bonchev–Trinajstić information content (AvgIpc) is 2.58. The second kappa shape index (κ2) is 4.21. The zero-order valence-electron chi connectivity index (χ0n) is 9.97. The number of fused-ring (bicyclic) bond motifs is 1. The van der Waals surface area contributed by atoms with Crippen LogP contribution in [0, 0.1) is 0 Å². The summed E-state index contributed by atoms with van der Waals surface area (Å²) in [6.45, 7) is 0.782. The van der Waals surface area contributed by atoms with E-state index in [0.29, 0.717) is 5.95 Å². The molecule has 0 saturated carbocycles. The van der Waals surface area contributed by atoms with E-state index in [4.69, 9.17) is 16.2 Å². The first-order valence-corrected chi connectivity index (χ1v) is 5.98. The molecule has 4 N–H and O–H groups in total. The second-order valence-corrected chi connectivity index (χ2v) is 4.34. The summed E-state index contributed by atoms with van der Waals surface area (Å²) < 4.78 is 7.22. The summed E-state index contributed by atoms with van der Waals surface area (Å²) in [5, 5.41) is 4.07. The van der Waals surface area contributed by atoms with Crippen molar-refractivity contribution in [2.45, 2.75) is 19.3 Å². The standard InChI is InChI=1S/C12H15N5O/c13-11-15-12(14)17(16-11)9-4-5-10-8(7-9)3-1-2-6-18-10/h4-5,7H,1-3,6H2,(H4,13,14,15,16). The van der Waals surface area contributed by atoms with Gasteiger partial charge in [-0.2, -0.15) is 9.67 Å². The number of nitrogens with zero attached hydrogens (tertiary/aromatic N) is 3. The number of aryl methyl sites for hydroxylation is 1. The van der Waals surface area contributed by atoms with Crippen molar-refractivity contribution in [2.75, 3.05) is 18.1 Å². The molecule has 0 spiro atoms. The van der Waals surface area contributed by atoms with Gasteiger partial charge in [0.25, 0.3) is 0 Å². The highest BCUT2D eigenvalue weighted by Gasteiger charge is 2.12. The van der Waals surface area contributed by atoms with E-state index < -0.39 is 0 Å². The number of nitrogen functional groups attached to an aromatic ring is 2. The van der Waals surface area contributed by atoms with E-state index >= 15 is 0 Å². The van der Waals surface area contributed by atoms with Gasteiger partial charge in [-0.25, -0.2) is 0 Å². The van der Waals surface area contributed by atoms with Crippen LogP contribution >= 0.6 is 0 Å². The molecule has 94 valence electrons. The third kappa shape index (κ3) is 1.85. The molecule has 18 heavy (non-hydrogen) atoms. The third-order valence-electron chi connectivity index (χ3n) is 3.04. The lowest BCUT2D eigenvalue weighted by atomic mass is 10.1. The van der Waals surface area contributed by atoms with Gasteiger partial charge < -0.3 is 16.2 Å². The fraction of sp³-hybridized carbons (Fsp3) is 0.333. The number of hydrogen-bond acceptors (Lipinski definition) is 5. The summed E-state index contributed by atoms with van der Waals surface area (Å²) in [7, 11) is 0. The number of hydrogen-bond donors (Lipinski definition) is 2. The predicted molar refractivity (Wildman–Crippen MR) is 68.6 cm³/mol. The van der Waals surface area contributed by atoms with Gasteiger partial charge in [0.05, 0.1) is 12.3 Å². The Kier molecular flexibility index (Phi) is 2.55. The van der Waals surface area contributed by atoms with Gasteiger partial charge >= 0.3 is 0 Å². The molecule has 0 aliphatic carbocycles. The molecule has 0 amide bonds. The van der Waals surface area contributed by atoms with Gasteiger partial charge in [-0.3, -0.25) is 0 Å². The summed E-state index contributed by atoms with van der Waals surface area (Å²) in [5.74, 6) is 1.42. The maximum absolute atomic E-state index is 5.76. The molecule has 1 aliphatic heterocycles. The van der Waals surface area contributed by atoms with Crippen molar-refractivity contribution in [1.82, 2.24) is 14.8 Å². The van der Waals surface area contributed by atoms with E-state index in [0.717, 1.165) is 37.3 Å². The maximum atomic E-state index is 5.76. The highest BCUT2D eigenvalue weighted by atomic mass is 16.5. The van der Waals surface area contributed by atoms with Gasteiger partial charge in [0.2, 0.25) is 11.9 Å². The minimum Gasteiger partial charge on any atom is -0.493 e. The predicted octanol–water partition coefficient (Wildman–Crippen LogP) is 1.15. The molecular weight excluding hydrogens is 230 g/mol. The normalized spacial score (nSPS) is 14.7. The van der Waals surface area contributed by atoms with Crippen LogP contribution in [0.15, 0.2) is 18.2 Å². The molecule has 1 aromatic carbocycles. The van der Waals surface area contributed by atoms with E-state index in [1.807, 2.05) is 18.2 Å². The van der Waals surface area contributed by atoms with Crippen LogP contribution in [-0.2, 0) is 6.42 Å². The van der Waals surface area contributed by atoms with Gasteiger partial charge in [0.15, 0.2) is 0 Å². The Morgan fingerprint density at radius 1 is 1.22 bits per heavy atom. The molecule has 1 aliphatic rings. The molecule has 0 unspecified atom stereocenters. The molecule has 0 atom stereocenters. The zero-order chi connectivity index (χ0) is 12.5. The summed E-state index contributed by atoms with van der Waals surface area (Å²) in [6, 6.07) is 5.90. The number of ether oxygens (including phenoxy) is 1. The fourth-order valence-corrected chi connectivity index (χ4v) is 2.16. The molecule has 2 aromatic rings. The lowest BCUT2D eigenvalue weighted by Crippen LogP contribution is -2.03. The van der Waals surface area contributed by atoms with Crippen LogP contribution in [0.2, 0.25) is 0 Å². The molecule has 1 aromatic heterocycles. The fourth-order valence-electron chi connectivity index (χ4n) is 2.16. The molecule has 6 nitrogen and oxygen atoms in total. The van der Waals surface area contributed by atoms with E-state index in [9.17, 15) is 0 Å². The zero-order valence-corrected chi connectivity index (χ0v) is 9.97. The van der Waals surface area contributed by atoms with Crippen molar-refractivity contribution in [3.8, 4) is 11.4 Å². The van der Waals surface area contributed by atoms with Crippen molar-refractivity contribution in [3.05, 3.63) is 23.8 Å². The van der Waals surface area contributed by atoms with Gasteiger partial charge in [0, 0.05) is 0 Å². The number of rotatable bonds is 1. The number of benzene rings is 1. The molecule has 2 heterocycles. The second-order valence-electron chi connectivity index (χ2n) is 4.34. The first-order chi connectivity index (χ1) is 8.74. The number of anilines is 2. The largest absolute Gasteiger partial charge is 0.493 e. The Morgan fingerprint density at radius 3 is 2.89 bits per heavy atom. The number of aromatic nitrogens is 3. The van der Waals surface area contributed by atoms with Crippen LogP contribution in [-0.4, -0.2) is 21.4 Å². The molecule has 0 radical (unpaired) electrons. The quantitative estimate of drug-likeness (QED) is 0.786. The summed E-state index contributed by atoms with van der Waals surface area (Å²) >= 11 is 0. The van der Waals surface area contributed by atoms with E-state index in [1.54, 1.807) is 4.68 Å². The highest BCUT2D eigenvalue weighted by Crippen LogP contribution is 2.27. The van der Waals surface area contributed by atoms with Crippen LogP contribution in [0.3, 0.4) is 0 Å². The van der Waals surface area contributed by atoms with E-state index in [1.165, 1.54) is 5.56 Å². The van der Waals surface area contributed by atoms with E-state index in [-0.39, 0.29) is 5.95 Å².